The van der Waals surface area contributed by atoms with E-state index in [0.717, 1.165) is 37.4 Å². The van der Waals surface area contributed by atoms with Crippen LogP contribution in [0.2, 0.25) is 0 Å². The fraction of sp³-hybridized carbons (Fsp3) is 0.450. The molecule has 152 valence electrons. The van der Waals surface area contributed by atoms with E-state index in [2.05, 4.69) is 20.5 Å². The van der Waals surface area contributed by atoms with Gasteiger partial charge >= 0.3 is 0 Å². The Hall–Kier alpha value is -2.94. The lowest BCUT2D eigenvalue weighted by Crippen LogP contribution is -2.21. The molecule has 29 heavy (non-hydrogen) atoms. The maximum absolute atomic E-state index is 14.4. The first kappa shape index (κ1) is 18.1. The van der Waals surface area contributed by atoms with Crippen molar-refractivity contribution >= 4 is 11.6 Å². The summed E-state index contributed by atoms with van der Waals surface area (Å²) < 4.78 is 33.0. The van der Waals surface area contributed by atoms with Crippen molar-refractivity contribution in [1.29, 1.82) is 0 Å². The highest BCUT2D eigenvalue weighted by atomic mass is 19.1. The molecule has 0 amide bonds. The molecule has 1 N–H and O–H groups in total. The third kappa shape index (κ3) is 3.57. The van der Waals surface area contributed by atoms with E-state index in [1.165, 1.54) is 6.07 Å². The maximum Gasteiger partial charge on any atom is 0.210 e. The molecule has 0 bridgehead atoms. The Morgan fingerprint density at radius 3 is 3.03 bits per heavy atom. The lowest BCUT2D eigenvalue weighted by Gasteiger charge is -2.22. The van der Waals surface area contributed by atoms with Crippen molar-refractivity contribution < 1.29 is 18.6 Å². The van der Waals surface area contributed by atoms with Crippen LogP contribution in [0, 0.1) is 11.7 Å². The summed E-state index contributed by atoms with van der Waals surface area (Å²) in [6, 6.07) is 3.12. The minimum atomic E-state index is -0.252. The number of anilines is 1. The summed E-state index contributed by atoms with van der Waals surface area (Å²) in [5, 5.41) is 11.3. The Morgan fingerprint density at radius 1 is 1.24 bits per heavy atom. The molecule has 0 atom stereocenters. The number of nitrogens with one attached hydrogen (secondary N) is 1. The lowest BCUT2D eigenvalue weighted by atomic mass is 10.0. The molecule has 2 aromatic heterocycles. The van der Waals surface area contributed by atoms with Crippen molar-refractivity contribution in [2.24, 2.45) is 5.92 Å². The second-order valence-corrected chi connectivity index (χ2v) is 7.29. The Kier molecular flexibility index (Phi) is 4.89. The first-order valence-corrected chi connectivity index (χ1v) is 9.86. The third-order valence-corrected chi connectivity index (χ3v) is 5.48. The van der Waals surface area contributed by atoms with Crippen molar-refractivity contribution in [1.82, 2.24) is 19.6 Å². The van der Waals surface area contributed by atoms with Crippen molar-refractivity contribution in [2.45, 2.75) is 25.8 Å². The Labute approximate surface area is 167 Å². The second kappa shape index (κ2) is 7.82. The largest absolute Gasteiger partial charge is 0.493 e. The average Bonchev–Trinajstić information content (AvgIpc) is 3.42. The fourth-order valence-corrected chi connectivity index (χ4v) is 3.82. The van der Waals surface area contributed by atoms with E-state index in [1.807, 2.05) is 0 Å². The molecule has 1 fully saturated rings. The number of hydrogen-bond acceptors (Lipinski definition) is 7. The Morgan fingerprint density at radius 2 is 2.14 bits per heavy atom. The number of halogens is 1. The minimum absolute atomic E-state index is 0.252. The standard InChI is InChI=1S/C20H22FN5O3/c21-16-1-2-17-14(5-8-28-17)15(16)9-22-20-23-10-18(19-25-24-12-26(19)20)29-11-13-3-6-27-7-4-13/h1-2,10,12-13H,3-9,11H2,(H,22,23). The molecule has 0 spiro atoms. The highest BCUT2D eigenvalue weighted by Gasteiger charge is 2.20. The first-order chi connectivity index (χ1) is 14.3. The van der Waals surface area contributed by atoms with Crippen LogP contribution in [0.5, 0.6) is 11.5 Å². The van der Waals surface area contributed by atoms with Crippen LogP contribution in [0.25, 0.3) is 5.65 Å². The number of rotatable bonds is 6. The zero-order valence-corrected chi connectivity index (χ0v) is 15.9. The molecule has 0 unspecified atom stereocenters. The highest BCUT2D eigenvalue weighted by Crippen LogP contribution is 2.31. The molecular formula is C20H22FN5O3. The topological polar surface area (TPSA) is 82.8 Å². The fourth-order valence-electron chi connectivity index (χ4n) is 3.82. The summed E-state index contributed by atoms with van der Waals surface area (Å²) in [4.78, 5) is 4.45. The molecule has 1 aromatic carbocycles. The normalized spacial score (nSPS) is 16.6. The van der Waals surface area contributed by atoms with E-state index in [4.69, 9.17) is 14.2 Å². The molecule has 0 saturated carbocycles. The van der Waals surface area contributed by atoms with Crippen LogP contribution in [-0.4, -0.2) is 46.0 Å². The number of fused-ring (bicyclic) bond motifs is 2. The van der Waals surface area contributed by atoms with Crippen LogP contribution in [0.1, 0.15) is 24.0 Å². The van der Waals surface area contributed by atoms with E-state index in [-0.39, 0.29) is 5.82 Å². The summed E-state index contributed by atoms with van der Waals surface area (Å²) in [5.74, 6) is 2.08. The number of nitrogens with zero attached hydrogens (tertiary/aromatic N) is 4. The van der Waals surface area contributed by atoms with Crippen LogP contribution in [0.15, 0.2) is 24.7 Å². The summed E-state index contributed by atoms with van der Waals surface area (Å²) in [6.45, 7) is 3.03. The van der Waals surface area contributed by atoms with Gasteiger partial charge in [0.2, 0.25) is 11.6 Å². The zero-order chi connectivity index (χ0) is 19.6. The van der Waals surface area contributed by atoms with Gasteiger partial charge in [-0.1, -0.05) is 0 Å². The Bertz CT molecular complexity index is 1020. The van der Waals surface area contributed by atoms with Crippen molar-refractivity contribution in [3.05, 3.63) is 41.6 Å². The summed E-state index contributed by atoms with van der Waals surface area (Å²) in [6.07, 6.45) is 5.90. The quantitative estimate of drug-likeness (QED) is 0.682. The van der Waals surface area contributed by atoms with Crippen LogP contribution >= 0.6 is 0 Å². The molecule has 5 rings (SSSR count). The first-order valence-electron chi connectivity index (χ1n) is 9.86. The summed E-state index contributed by atoms with van der Waals surface area (Å²) in [5.41, 5.74) is 2.09. The average molecular weight is 399 g/mol. The van der Waals surface area contributed by atoms with Gasteiger partial charge in [0, 0.05) is 37.3 Å². The summed E-state index contributed by atoms with van der Waals surface area (Å²) >= 11 is 0. The molecular weight excluding hydrogens is 377 g/mol. The van der Waals surface area contributed by atoms with Gasteiger partial charge in [-0.3, -0.25) is 0 Å². The SMILES string of the molecule is Fc1ccc2c(c1CNc1ncc(OCC3CCOCC3)c3nncn13)CCO2. The van der Waals surface area contributed by atoms with Crippen LogP contribution < -0.4 is 14.8 Å². The van der Waals surface area contributed by atoms with Gasteiger partial charge in [-0.05, 0) is 30.9 Å². The van der Waals surface area contributed by atoms with Gasteiger partial charge in [0.15, 0.2) is 5.75 Å². The van der Waals surface area contributed by atoms with E-state index >= 15 is 0 Å². The molecule has 2 aliphatic heterocycles. The lowest BCUT2D eigenvalue weighted by molar-refractivity contribution is 0.0498. The number of aromatic nitrogens is 4. The monoisotopic (exact) mass is 399 g/mol. The van der Waals surface area contributed by atoms with Crippen LogP contribution in [0.4, 0.5) is 10.3 Å². The number of benzene rings is 1. The van der Waals surface area contributed by atoms with E-state index in [9.17, 15) is 4.39 Å². The van der Waals surface area contributed by atoms with Gasteiger partial charge in [-0.15, -0.1) is 10.2 Å². The van der Waals surface area contributed by atoms with Crippen molar-refractivity contribution in [3.63, 3.8) is 0 Å². The van der Waals surface area contributed by atoms with Crippen molar-refractivity contribution in [3.8, 4) is 11.5 Å². The van der Waals surface area contributed by atoms with Gasteiger partial charge in [-0.25, -0.2) is 13.8 Å². The predicted molar refractivity (Wildman–Crippen MR) is 103 cm³/mol. The molecule has 4 heterocycles. The predicted octanol–water partition coefficient (Wildman–Crippen LogP) is 2.62. The molecule has 8 nitrogen and oxygen atoms in total. The smallest absolute Gasteiger partial charge is 0.210 e. The van der Waals surface area contributed by atoms with Crippen LogP contribution in [-0.2, 0) is 17.7 Å². The van der Waals surface area contributed by atoms with E-state index < -0.39 is 0 Å². The highest BCUT2D eigenvalue weighted by molar-refractivity contribution is 5.56. The number of ether oxygens (including phenoxy) is 3. The third-order valence-electron chi connectivity index (χ3n) is 5.48. The Balaban J connectivity index is 1.33. The van der Waals surface area contributed by atoms with Gasteiger partial charge < -0.3 is 19.5 Å². The van der Waals surface area contributed by atoms with E-state index in [0.29, 0.717) is 55.0 Å². The van der Waals surface area contributed by atoms with Crippen molar-refractivity contribution in [2.75, 3.05) is 31.7 Å². The van der Waals surface area contributed by atoms with Gasteiger partial charge in [0.05, 0.1) is 19.4 Å². The molecule has 3 aromatic rings. The molecule has 1 saturated heterocycles. The van der Waals surface area contributed by atoms with E-state index in [1.54, 1.807) is 23.0 Å². The molecule has 0 radical (unpaired) electrons. The maximum atomic E-state index is 14.4. The van der Waals surface area contributed by atoms with Gasteiger partial charge in [-0.2, -0.15) is 0 Å². The summed E-state index contributed by atoms with van der Waals surface area (Å²) in [7, 11) is 0. The van der Waals surface area contributed by atoms with Crippen LogP contribution in [0.3, 0.4) is 0 Å². The number of hydrogen-bond donors (Lipinski definition) is 1. The zero-order valence-electron chi connectivity index (χ0n) is 15.9. The van der Waals surface area contributed by atoms with Gasteiger partial charge in [0.25, 0.3) is 0 Å². The van der Waals surface area contributed by atoms with Gasteiger partial charge in [0.1, 0.15) is 17.9 Å². The minimum Gasteiger partial charge on any atom is -0.493 e. The molecule has 2 aliphatic rings. The molecule has 9 heteroatoms. The molecule has 0 aliphatic carbocycles. The second-order valence-electron chi connectivity index (χ2n) is 7.29.